The van der Waals surface area contributed by atoms with E-state index in [0.29, 0.717) is 0 Å². The summed E-state index contributed by atoms with van der Waals surface area (Å²) in [5, 5.41) is 2.24. The van der Waals surface area contributed by atoms with Gasteiger partial charge in [-0.05, 0) is 35.4 Å². The first-order chi connectivity index (χ1) is 10.2. The summed E-state index contributed by atoms with van der Waals surface area (Å²) >= 11 is 0. The maximum atomic E-state index is 12.2. The first kappa shape index (κ1) is 13.3. The summed E-state index contributed by atoms with van der Waals surface area (Å²) < 4.78 is 0. The number of rotatable bonds is 3. The van der Waals surface area contributed by atoms with Crippen LogP contribution in [0.4, 0.5) is 0 Å². The molecule has 0 atom stereocenters. The monoisotopic (exact) mass is 272 g/mol. The lowest BCUT2D eigenvalue weighted by Gasteiger charge is -2.00. The minimum Gasteiger partial charge on any atom is -0.289 e. The Kier molecular flexibility index (Phi) is 3.65. The second-order valence-electron chi connectivity index (χ2n) is 5.17. The van der Waals surface area contributed by atoms with Gasteiger partial charge in [-0.3, -0.25) is 4.79 Å². The summed E-state index contributed by atoms with van der Waals surface area (Å²) in [6.45, 7) is 2.05. The number of hydrogen-bond donors (Lipinski definition) is 0. The second-order valence-corrected chi connectivity index (χ2v) is 5.17. The van der Waals surface area contributed by atoms with Gasteiger partial charge in [0.2, 0.25) is 0 Å². The molecule has 0 aliphatic carbocycles. The predicted molar refractivity (Wildman–Crippen MR) is 88.5 cm³/mol. The minimum absolute atomic E-state index is 0.0290. The van der Waals surface area contributed by atoms with Crippen LogP contribution in [-0.4, -0.2) is 5.78 Å². The largest absolute Gasteiger partial charge is 0.289 e. The SMILES string of the molecule is Cc1ccc(C=CC(=O)c2ccc3ccccc3c2)cc1. The van der Waals surface area contributed by atoms with Crippen LogP contribution in [0.1, 0.15) is 21.5 Å². The third-order valence-corrected chi connectivity index (χ3v) is 3.54. The van der Waals surface area contributed by atoms with E-state index in [1.165, 1.54) is 5.56 Å². The highest BCUT2D eigenvalue weighted by atomic mass is 16.1. The average molecular weight is 272 g/mol. The van der Waals surface area contributed by atoms with Crippen molar-refractivity contribution in [2.24, 2.45) is 0 Å². The molecule has 0 radical (unpaired) electrons. The van der Waals surface area contributed by atoms with Crippen molar-refractivity contribution in [2.75, 3.05) is 0 Å². The smallest absolute Gasteiger partial charge is 0.185 e. The third kappa shape index (κ3) is 3.09. The van der Waals surface area contributed by atoms with Crippen molar-refractivity contribution in [3.8, 4) is 0 Å². The molecule has 0 unspecified atom stereocenters. The Morgan fingerprint density at radius 2 is 1.57 bits per heavy atom. The average Bonchev–Trinajstić information content (AvgIpc) is 2.53. The lowest BCUT2D eigenvalue weighted by atomic mass is 10.0. The van der Waals surface area contributed by atoms with Crippen LogP contribution in [0.3, 0.4) is 0 Å². The van der Waals surface area contributed by atoms with Crippen molar-refractivity contribution >= 4 is 22.6 Å². The Morgan fingerprint density at radius 1 is 0.857 bits per heavy atom. The molecule has 3 aromatic carbocycles. The lowest BCUT2D eigenvalue weighted by Crippen LogP contribution is -1.93. The van der Waals surface area contributed by atoms with Crippen molar-refractivity contribution in [1.82, 2.24) is 0 Å². The molecule has 0 bridgehead atoms. The summed E-state index contributed by atoms with van der Waals surface area (Å²) in [6.07, 6.45) is 3.49. The molecule has 0 spiro atoms. The van der Waals surface area contributed by atoms with Crippen molar-refractivity contribution < 1.29 is 4.79 Å². The molecule has 3 aromatic rings. The highest BCUT2D eigenvalue weighted by Gasteiger charge is 2.02. The number of fused-ring (bicyclic) bond motifs is 1. The van der Waals surface area contributed by atoms with Crippen LogP contribution in [0.5, 0.6) is 0 Å². The van der Waals surface area contributed by atoms with E-state index in [2.05, 4.69) is 0 Å². The zero-order valence-corrected chi connectivity index (χ0v) is 11.9. The van der Waals surface area contributed by atoms with E-state index in [-0.39, 0.29) is 5.78 Å². The first-order valence-corrected chi connectivity index (χ1v) is 7.00. The number of benzene rings is 3. The molecule has 0 saturated carbocycles. The molecule has 0 aliphatic rings. The Balaban J connectivity index is 1.84. The summed E-state index contributed by atoms with van der Waals surface area (Å²) in [6, 6.07) is 22.0. The van der Waals surface area contributed by atoms with Crippen LogP contribution >= 0.6 is 0 Å². The molecule has 0 aliphatic heterocycles. The van der Waals surface area contributed by atoms with Crippen molar-refractivity contribution in [3.63, 3.8) is 0 Å². The standard InChI is InChI=1S/C20H16O/c1-15-6-8-16(9-7-15)10-13-20(21)19-12-11-17-4-2-3-5-18(17)14-19/h2-14H,1H3. The zero-order chi connectivity index (χ0) is 14.7. The maximum Gasteiger partial charge on any atom is 0.185 e. The molecule has 0 N–H and O–H groups in total. The number of ketones is 1. The number of hydrogen-bond acceptors (Lipinski definition) is 1. The Labute approximate surface area is 124 Å². The molecule has 1 heteroatoms. The van der Waals surface area contributed by atoms with E-state index in [0.717, 1.165) is 21.9 Å². The van der Waals surface area contributed by atoms with E-state index >= 15 is 0 Å². The molecule has 102 valence electrons. The Hall–Kier alpha value is -2.67. The van der Waals surface area contributed by atoms with Gasteiger partial charge in [0.05, 0.1) is 0 Å². The van der Waals surface area contributed by atoms with E-state index in [1.807, 2.05) is 79.7 Å². The summed E-state index contributed by atoms with van der Waals surface area (Å²) in [4.78, 5) is 12.2. The van der Waals surface area contributed by atoms with Crippen LogP contribution in [0.25, 0.3) is 16.8 Å². The van der Waals surface area contributed by atoms with E-state index in [1.54, 1.807) is 6.08 Å². The number of aryl methyl sites for hydroxylation is 1. The van der Waals surface area contributed by atoms with Crippen LogP contribution in [0, 0.1) is 6.92 Å². The molecule has 1 nitrogen and oxygen atoms in total. The summed E-state index contributed by atoms with van der Waals surface area (Å²) in [5.74, 6) is 0.0290. The third-order valence-electron chi connectivity index (χ3n) is 3.54. The van der Waals surface area contributed by atoms with Crippen LogP contribution in [0.15, 0.2) is 72.8 Å². The molecule has 0 heterocycles. The van der Waals surface area contributed by atoms with Gasteiger partial charge in [0.1, 0.15) is 0 Å². The molecule has 3 rings (SSSR count). The zero-order valence-electron chi connectivity index (χ0n) is 11.9. The van der Waals surface area contributed by atoms with Crippen molar-refractivity contribution in [1.29, 1.82) is 0 Å². The van der Waals surface area contributed by atoms with Gasteiger partial charge in [-0.1, -0.05) is 72.3 Å². The maximum absolute atomic E-state index is 12.2. The van der Waals surface area contributed by atoms with Gasteiger partial charge in [0.25, 0.3) is 0 Å². The normalized spacial score (nSPS) is 11.1. The first-order valence-electron chi connectivity index (χ1n) is 7.00. The molecular formula is C20H16O. The fourth-order valence-electron chi connectivity index (χ4n) is 2.29. The Morgan fingerprint density at radius 3 is 2.33 bits per heavy atom. The van der Waals surface area contributed by atoms with Gasteiger partial charge in [-0.2, -0.15) is 0 Å². The fourth-order valence-corrected chi connectivity index (χ4v) is 2.29. The fraction of sp³-hybridized carbons (Fsp3) is 0.0500. The van der Waals surface area contributed by atoms with Crippen molar-refractivity contribution in [3.05, 3.63) is 89.5 Å². The number of carbonyl (C=O) groups is 1. The van der Waals surface area contributed by atoms with Gasteiger partial charge in [-0.25, -0.2) is 0 Å². The van der Waals surface area contributed by atoms with E-state index in [9.17, 15) is 4.79 Å². The Bertz CT molecular complexity index is 811. The summed E-state index contributed by atoms with van der Waals surface area (Å²) in [5.41, 5.74) is 2.97. The molecule has 0 saturated heterocycles. The quantitative estimate of drug-likeness (QED) is 0.482. The number of allylic oxidation sites excluding steroid dienone is 1. The molecular weight excluding hydrogens is 256 g/mol. The lowest BCUT2D eigenvalue weighted by molar-refractivity contribution is 0.104. The molecule has 0 aromatic heterocycles. The van der Waals surface area contributed by atoms with Crippen molar-refractivity contribution in [2.45, 2.75) is 6.92 Å². The molecule has 21 heavy (non-hydrogen) atoms. The second kappa shape index (κ2) is 5.76. The van der Waals surface area contributed by atoms with Crippen LogP contribution in [0.2, 0.25) is 0 Å². The van der Waals surface area contributed by atoms with Gasteiger partial charge < -0.3 is 0 Å². The molecule has 0 fully saturated rings. The van der Waals surface area contributed by atoms with E-state index < -0.39 is 0 Å². The topological polar surface area (TPSA) is 17.1 Å². The highest BCUT2D eigenvalue weighted by Crippen LogP contribution is 2.16. The van der Waals surface area contributed by atoms with Gasteiger partial charge in [0, 0.05) is 5.56 Å². The van der Waals surface area contributed by atoms with Crippen LogP contribution < -0.4 is 0 Å². The summed E-state index contributed by atoms with van der Waals surface area (Å²) in [7, 11) is 0. The molecule has 0 amide bonds. The van der Waals surface area contributed by atoms with Gasteiger partial charge in [-0.15, -0.1) is 0 Å². The van der Waals surface area contributed by atoms with Gasteiger partial charge >= 0.3 is 0 Å². The number of carbonyl (C=O) groups excluding carboxylic acids is 1. The predicted octanol–water partition coefficient (Wildman–Crippen LogP) is 5.04. The minimum atomic E-state index is 0.0290. The highest BCUT2D eigenvalue weighted by molar-refractivity contribution is 6.08. The van der Waals surface area contributed by atoms with Crippen LogP contribution in [-0.2, 0) is 0 Å². The van der Waals surface area contributed by atoms with E-state index in [4.69, 9.17) is 0 Å². The van der Waals surface area contributed by atoms with Gasteiger partial charge in [0.15, 0.2) is 5.78 Å².